The van der Waals surface area contributed by atoms with E-state index in [0.717, 1.165) is 45.5 Å². The minimum atomic E-state index is 0.502. The molecular formula is C15H14ClNO2S. The molecule has 0 bridgehead atoms. The van der Waals surface area contributed by atoms with Gasteiger partial charge in [0, 0.05) is 10.4 Å². The summed E-state index contributed by atoms with van der Waals surface area (Å²) in [5.41, 5.74) is 2.96. The van der Waals surface area contributed by atoms with E-state index in [9.17, 15) is 0 Å². The first-order chi connectivity index (χ1) is 9.76. The molecule has 3 nitrogen and oxygen atoms in total. The van der Waals surface area contributed by atoms with Gasteiger partial charge in [-0.2, -0.15) is 0 Å². The van der Waals surface area contributed by atoms with Crippen LogP contribution in [0.4, 0.5) is 0 Å². The molecular weight excluding hydrogens is 294 g/mol. The Labute approximate surface area is 126 Å². The summed E-state index contributed by atoms with van der Waals surface area (Å²) in [6.45, 7) is 0.502. The number of nitrogens with zero attached hydrogens (tertiary/aromatic N) is 1. The molecule has 0 amide bonds. The van der Waals surface area contributed by atoms with E-state index in [4.69, 9.17) is 21.5 Å². The molecule has 3 rings (SSSR count). The molecule has 1 aliphatic rings. The number of rotatable bonds is 3. The fourth-order valence-corrected chi connectivity index (χ4v) is 3.40. The summed E-state index contributed by atoms with van der Waals surface area (Å²) in [7, 11) is 0. The second kappa shape index (κ2) is 5.85. The summed E-state index contributed by atoms with van der Waals surface area (Å²) in [5.74, 6) is 0.788. The minimum absolute atomic E-state index is 0.502. The van der Waals surface area contributed by atoms with Crippen LogP contribution in [-0.4, -0.2) is 10.9 Å². The van der Waals surface area contributed by atoms with Crippen LogP contribution in [0.3, 0.4) is 0 Å². The third-order valence-electron chi connectivity index (χ3n) is 3.38. The first-order valence-corrected chi connectivity index (χ1v) is 7.67. The molecule has 1 N–H and O–H groups in total. The zero-order valence-electron chi connectivity index (χ0n) is 10.8. The third-order valence-corrected chi connectivity index (χ3v) is 4.59. The van der Waals surface area contributed by atoms with Gasteiger partial charge in [-0.05, 0) is 49.1 Å². The summed E-state index contributed by atoms with van der Waals surface area (Å²) < 4.78 is 6.55. The Morgan fingerprint density at radius 2 is 2.15 bits per heavy atom. The quantitative estimate of drug-likeness (QED) is 0.670. The molecule has 0 unspecified atom stereocenters. The van der Waals surface area contributed by atoms with E-state index >= 15 is 0 Å². The third kappa shape index (κ3) is 2.81. The van der Waals surface area contributed by atoms with E-state index in [1.54, 1.807) is 0 Å². The molecule has 0 atom stereocenters. The van der Waals surface area contributed by atoms with Gasteiger partial charge in [0.15, 0.2) is 0 Å². The van der Waals surface area contributed by atoms with Crippen LogP contribution in [0.5, 0.6) is 5.75 Å². The smallest absolute Gasteiger partial charge is 0.122 e. The van der Waals surface area contributed by atoms with Gasteiger partial charge in [0.2, 0.25) is 0 Å². The summed E-state index contributed by atoms with van der Waals surface area (Å²) >= 11 is 7.41. The second-order valence-corrected chi connectivity index (χ2v) is 6.51. The predicted molar refractivity (Wildman–Crippen MR) is 81.4 cm³/mol. The Balaban J connectivity index is 1.78. The lowest BCUT2D eigenvalue weighted by atomic mass is 9.90. The van der Waals surface area contributed by atoms with Crippen LogP contribution in [0.25, 0.3) is 0 Å². The fourth-order valence-electron chi connectivity index (χ4n) is 2.40. The molecule has 0 radical (unpaired) electrons. The second-order valence-electron chi connectivity index (χ2n) is 4.71. The van der Waals surface area contributed by atoms with E-state index in [1.807, 2.05) is 24.3 Å². The number of hydrogen-bond acceptors (Lipinski definition) is 4. The van der Waals surface area contributed by atoms with E-state index in [-0.39, 0.29) is 0 Å². The lowest BCUT2D eigenvalue weighted by molar-refractivity contribution is 0.309. The summed E-state index contributed by atoms with van der Waals surface area (Å²) in [6.07, 6.45) is 2.86. The van der Waals surface area contributed by atoms with Crippen molar-refractivity contribution in [3.05, 3.63) is 50.7 Å². The van der Waals surface area contributed by atoms with Gasteiger partial charge in [-0.15, -0.1) is 11.3 Å². The first-order valence-electron chi connectivity index (χ1n) is 6.47. The zero-order chi connectivity index (χ0) is 13.9. The van der Waals surface area contributed by atoms with Crippen LogP contribution in [0.15, 0.2) is 35.5 Å². The van der Waals surface area contributed by atoms with E-state index in [1.165, 1.54) is 16.9 Å². The molecule has 1 aliphatic carbocycles. The number of thiophene rings is 1. The van der Waals surface area contributed by atoms with Crippen LogP contribution >= 0.6 is 22.9 Å². The Morgan fingerprint density at radius 3 is 2.90 bits per heavy atom. The molecule has 0 saturated heterocycles. The van der Waals surface area contributed by atoms with Crippen molar-refractivity contribution in [2.24, 2.45) is 5.16 Å². The minimum Gasteiger partial charge on any atom is -0.488 e. The lowest BCUT2D eigenvalue weighted by Gasteiger charge is -2.17. The number of hydrogen-bond donors (Lipinski definition) is 1. The highest BCUT2D eigenvalue weighted by molar-refractivity contribution is 7.16. The topological polar surface area (TPSA) is 41.8 Å². The van der Waals surface area contributed by atoms with Gasteiger partial charge in [-0.25, -0.2) is 0 Å². The van der Waals surface area contributed by atoms with Crippen molar-refractivity contribution in [1.82, 2.24) is 0 Å². The van der Waals surface area contributed by atoms with Gasteiger partial charge in [-0.3, -0.25) is 0 Å². The van der Waals surface area contributed by atoms with Gasteiger partial charge < -0.3 is 9.94 Å². The van der Waals surface area contributed by atoms with Crippen molar-refractivity contribution in [2.45, 2.75) is 25.9 Å². The van der Waals surface area contributed by atoms with Crippen LogP contribution in [-0.2, 0) is 13.0 Å². The average molecular weight is 308 g/mol. The van der Waals surface area contributed by atoms with Crippen LogP contribution in [0, 0.1) is 0 Å². The van der Waals surface area contributed by atoms with Crippen molar-refractivity contribution in [1.29, 1.82) is 0 Å². The SMILES string of the molecule is O/N=C1/CCCc2ccc(OCc3ccc(Cl)s3)cc21. The summed E-state index contributed by atoms with van der Waals surface area (Å²) in [6, 6.07) is 9.81. The van der Waals surface area contributed by atoms with Gasteiger partial charge >= 0.3 is 0 Å². The van der Waals surface area contributed by atoms with E-state index in [0.29, 0.717) is 6.61 Å². The number of oxime groups is 1. The predicted octanol–water partition coefficient (Wildman–Crippen LogP) is 4.50. The normalized spacial score (nSPS) is 16.1. The Hall–Kier alpha value is -1.52. The maximum absolute atomic E-state index is 9.07. The largest absolute Gasteiger partial charge is 0.488 e. The maximum atomic E-state index is 9.07. The molecule has 0 fully saturated rings. The van der Waals surface area contributed by atoms with Gasteiger partial charge in [0.25, 0.3) is 0 Å². The van der Waals surface area contributed by atoms with Crippen molar-refractivity contribution < 1.29 is 9.94 Å². The Morgan fingerprint density at radius 1 is 1.25 bits per heavy atom. The number of aryl methyl sites for hydroxylation is 1. The lowest BCUT2D eigenvalue weighted by Crippen LogP contribution is -2.12. The number of halogens is 1. The van der Waals surface area contributed by atoms with Crippen LogP contribution in [0.1, 0.15) is 28.8 Å². The molecule has 5 heteroatoms. The standard InChI is InChI=1S/C15H14ClNO2S/c16-15-7-6-12(20-15)9-19-11-5-4-10-2-1-3-14(17-18)13(10)8-11/h4-8,18H,1-3,9H2/b17-14-. The number of ether oxygens (including phenoxy) is 1. The molecule has 1 heterocycles. The maximum Gasteiger partial charge on any atom is 0.122 e. The Bertz CT molecular complexity index is 651. The van der Waals surface area contributed by atoms with E-state index < -0.39 is 0 Å². The highest BCUT2D eigenvalue weighted by atomic mass is 35.5. The first kappa shape index (κ1) is 13.5. The van der Waals surface area contributed by atoms with E-state index in [2.05, 4.69) is 11.2 Å². The molecule has 20 heavy (non-hydrogen) atoms. The van der Waals surface area contributed by atoms with Gasteiger partial charge in [0.05, 0.1) is 10.0 Å². The zero-order valence-corrected chi connectivity index (χ0v) is 12.4. The van der Waals surface area contributed by atoms with Crippen molar-refractivity contribution >= 4 is 28.6 Å². The monoisotopic (exact) mass is 307 g/mol. The summed E-state index contributed by atoms with van der Waals surface area (Å²) in [4.78, 5) is 1.09. The van der Waals surface area contributed by atoms with Gasteiger partial charge in [0.1, 0.15) is 12.4 Å². The van der Waals surface area contributed by atoms with Crippen LogP contribution < -0.4 is 4.74 Å². The highest BCUT2D eigenvalue weighted by Crippen LogP contribution is 2.27. The summed E-state index contributed by atoms with van der Waals surface area (Å²) in [5, 5.41) is 12.5. The molecule has 0 aliphatic heterocycles. The molecule has 2 aromatic rings. The van der Waals surface area contributed by atoms with Crippen molar-refractivity contribution in [3.63, 3.8) is 0 Å². The molecule has 1 aromatic carbocycles. The molecule has 1 aromatic heterocycles. The van der Waals surface area contributed by atoms with Crippen molar-refractivity contribution in [3.8, 4) is 5.75 Å². The highest BCUT2D eigenvalue weighted by Gasteiger charge is 2.16. The molecule has 0 spiro atoms. The Kier molecular flexibility index (Phi) is 3.94. The average Bonchev–Trinajstić information content (AvgIpc) is 2.90. The number of fused-ring (bicyclic) bond motifs is 1. The number of benzene rings is 1. The molecule has 104 valence electrons. The van der Waals surface area contributed by atoms with Crippen LogP contribution in [0.2, 0.25) is 4.34 Å². The fraction of sp³-hybridized carbons (Fsp3) is 0.267. The molecule has 0 saturated carbocycles. The van der Waals surface area contributed by atoms with Gasteiger partial charge in [-0.1, -0.05) is 22.8 Å². The van der Waals surface area contributed by atoms with Crippen molar-refractivity contribution in [2.75, 3.05) is 0 Å².